The molecule has 3 rings (SSSR count). The number of carbonyl (C=O) groups is 1. The lowest BCUT2D eigenvalue weighted by molar-refractivity contribution is -0.0503. The number of nitrogens with one attached hydrogen (secondary N) is 1. The Labute approximate surface area is 175 Å². The van der Waals surface area contributed by atoms with Crippen molar-refractivity contribution in [2.24, 2.45) is 0 Å². The second-order valence-electron chi connectivity index (χ2n) is 6.17. The van der Waals surface area contributed by atoms with Crippen LogP contribution in [0.15, 0.2) is 66.7 Å². The van der Waals surface area contributed by atoms with E-state index in [0.29, 0.717) is 22.6 Å². The first-order valence-corrected chi connectivity index (χ1v) is 8.95. The molecule has 0 saturated heterocycles. The van der Waals surface area contributed by atoms with E-state index in [1.807, 2.05) is 0 Å². The Balaban J connectivity index is 1.84. The number of hydrogen-bond acceptors (Lipinski definition) is 4. The topological polar surface area (TPSA) is 56.8 Å². The summed E-state index contributed by atoms with van der Waals surface area (Å²) in [5, 5.41) is 2.64. The maximum Gasteiger partial charge on any atom is 0.387 e. The summed E-state index contributed by atoms with van der Waals surface area (Å²) in [6.45, 7) is -5.99. The van der Waals surface area contributed by atoms with Gasteiger partial charge in [0.2, 0.25) is 0 Å². The van der Waals surface area contributed by atoms with Gasteiger partial charge in [-0.05, 0) is 60.2 Å². The van der Waals surface area contributed by atoms with Gasteiger partial charge in [0.05, 0.1) is 7.11 Å². The third-order valence-corrected chi connectivity index (χ3v) is 4.20. The molecule has 0 unspecified atom stereocenters. The van der Waals surface area contributed by atoms with Crippen molar-refractivity contribution in [3.8, 4) is 28.4 Å². The van der Waals surface area contributed by atoms with Crippen molar-refractivity contribution in [1.29, 1.82) is 0 Å². The third kappa shape index (κ3) is 5.88. The minimum atomic E-state index is -3.02. The van der Waals surface area contributed by atoms with Crippen LogP contribution >= 0.6 is 0 Å². The number of alkyl halides is 4. The van der Waals surface area contributed by atoms with Gasteiger partial charge in [0.1, 0.15) is 17.2 Å². The number of anilines is 1. The first-order chi connectivity index (χ1) is 14.9. The summed E-state index contributed by atoms with van der Waals surface area (Å²) in [6.07, 6.45) is 0. The van der Waals surface area contributed by atoms with Gasteiger partial charge in [0.15, 0.2) is 0 Å². The molecule has 0 aromatic heterocycles. The Hall–Kier alpha value is -3.75. The number of halogens is 4. The predicted octanol–water partition coefficient (Wildman–Crippen LogP) is 5.82. The van der Waals surface area contributed by atoms with Crippen molar-refractivity contribution < 1.29 is 36.6 Å². The smallest absolute Gasteiger partial charge is 0.387 e. The number of amides is 1. The lowest BCUT2D eigenvalue weighted by Crippen LogP contribution is -2.12. The zero-order valence-corrected chi connectivity index (χ0v) is 16.2. The number of ether oxygens (including phenoxy) is 3. The Bertz CT molecular complexity index is 1020. The van der Waals surface area contributed by atoms with E-state index in [2.05, 4.69) is 14.8 Å². The van der Waals surface area contributed by atoms with Crippen molar-refractivity contribution in [3.05, 3.63) is 72.3 Å². The largest absolute Gasteiger partial charge is 0.497 e. The SMILES string of the molecule is COc1ccc(-c2cc(NC(=O)c3ccc(OC(F)F)cc3)ccc2OC(F)F)cc1. The van der Waals surface area contributed by atoms with Gasteiger partial charge in [-0.1, -0.05) is 12.1 Å². The van der Waals surface area contributed by atoms with Crippen LogP contribution in [0.25, 0.3) is 11.1 Å². The highest BCUT2D eigenvalue weighted by Gasteiger charge is 2.14. The molecule has 0 fully saturated rings. The van der Waals surface area contributed by atoms with E-state index in [1.165, 1.54) is 49.6 Å². The van der Waals surface area contributed by atoms with Crippen LogP contribution in [0.2, 0.25) is 0 Å². The molecule has 3 aromatic carbocycles. The van der Waals surface area contributed by atoms with Crippen LogP contribution in [0.1, 0.15) is 10.4 Å². The molecule has 0 aliphatic heterocycles. The van der Waals surface area contributed by atoms with Gasteiger partial charge in [-0.25, -0.2) is 0 Å². The summed E-state index contributed by atoms with van der Waals surface area (Å²) in [4.78, 5) is 12.5. The van der Waals surface area contributed by atoms with Gasteiger partial charge in [0.25, 0.3) is 5.91 Å². The van der Waals surface area contributed by atoms with Gasteiger partial charge < -0.3 is 19.5 Å². The quantitative estimate of drug-likeness (QED) is 0.453. The molecule has 3 aromatic rings. The average Bonchev–Trinajstić information content (AvgIpc) is 2.74. The summed E-state index contributed by atoms with van der Waals surface area (Å²) >= 11 is 0. The molecule has 0 radical (unpaired) electrons. The number of carbonyl (C=O) groups excluding carboxylic acids is 1. The van der Waals surface area contributed by atoms with E-state index >= 15 is 0 Å². The molecule has 0 aliphatic rings. The van der Waals surface area contributed by atoms with E-state index in [-0.39, 0.29) is 17.1 Å². The number of hydrogen-bond donors (Lipinski definition) is 1. The summed E-state index contributed by atoms with van der Waals surface area (Å²) in [5.74, 6) is -0.0795. The van der Waals surface area contributed by atoms with Crippen LogP contribution in [0.4, 0.5) is 23.2 Å². The normalized spacial score (nSPS) is 10.8. The molecule has 0 atom stereocenters. The van der Waals surface area contributed by atoms with Crippen LogP contribution in [0.5, 0.6) is 17.2 Å². The van der Waals surface area contributed by atoms with Gasteiger partial charge in [-0.15, -0.1) is 0 Å². The highest BCUT2D eigenvalue weighted by atomic mass is 19.3. The molecule has 9 heteroatoms. The molecule has 0 aliphatic carbocycles. The summed E-state index contributed by atoms with van der Waals surface area (Å²) in [5.41, 5.74) is 1.42. The van der Waals surface area contributed by atoms with Crippen LogP contribution in [0, 0.1) is 0 Å². The lowest BCUT2D eigenvalue weighted by Gasteiger charge is -2.14. The van der Waals surface area contributed by atoms with Crippen LogP contribution in [-0.2, 0) is 0 Å². The van der Waals surface area contributed by atoms with E-state index in [0.717, 1.165) is 0 Å². The maximum absolute atomic E-state index is 12.8. The Morgan fingerprint density at radius 1 is 0.806 bits per heavy atom. The molecule has 0 heterocycles. The van der Waals surface area contributed by atoms with Gasteiger partial charge in [-0.2, -0.15) is 17.6 Å². The van der Waals surface area contributed by atoms with E-state index in [9.17, 15) is 22.4 Å². The molecule has 0 bridgehead atoms. The minimum absolute atomic E-state index is 0.0633. The van der Waals surface area contributed by atoms with Crippen molar-refractivity contribution in [1.82, 2.24) is 0 Å². The molecule has 31 heavy (non-hydrogen) atoms. The molecule has 162 valence electrons. The third-order valence-electron chi connectivity index (χ3n) is 4.20. The zero-order valence-electron chi connectivity index (χ0n) is 16.2. The second-order valence-corrected chi connectivity index (χ2v) is 6.17. The first-order valence-electron chi connectivity index (χ1n) is 8.95. The fourth-order valence-corrected chi connectivity index (χ4v) is 2.79. The van der Waals surface area contributed by atoms with Gasteiger partial charge >= 0.3 is 13.2 Å². The average molecular weight is 435 g/mol. The zero-order chi connectivity index (χ0) is 22.4. The molecule has 1 amide bonds. The first kappa shape index (κ1) is 21.9. The van der Waals surface area contributed by atoms with Gasteiger partial charge in [0, 0.05) is 16.8 Å². The molecular weight excluding hydrogens is 418 g/mol. The Morgan fingerprint density at radius 2 is 1.42 bits per heavy atom. The fraction of sp³-hybridized carbons (Fsp3) is 0.136. The minimum Gasteiger partial charge on any atom is -0.497 e. The molecule has 1 N–H and O–H groups in total. The van der Waals surface area contributed by atoms with Crippen molar-refractivity contribution in [2.75, 3.05) is 12.4 Å². The number of rotatable bonds is 8. The van der Waals surface area contributed by atoms with Crippen LogP contribution in [-0.4, -0.2) is 26.2 Å². The predicted molar refractivity (Wildman–Crippen MR) is 106 cm³/mol. The summed E-state index contributed by atoms with van der Waals surface area (Å²) in [6, 6.07) is 16.0. The highest BCUT2D eigenvalue weighted by Crippen LogP contribution is 2.34. The van der Waals surface area contributed by atoms with Crippen molar-refractivity contribution >= 4 is 11.6 Å². The van der Waals surface area contributed by atoms with Gasteiger partial charge in [-0.3, -0.25) is 4.79 Å². The standard InChI is InChI=1S/C22H17F4NO4/c1-29-16-7-2-13(3-8-16)18-12-15(6-11-19(18)31-22(25)26)27-20(28)14-4-9-17(10-5-14)30-21(23)24/h2-12,21-22H,1H3,(H,27,28). The van der Waals surface area contributed by atoms with Crippen LogP contribution in [0.3, 0.4) is 0 Å². The molecular formula is C22H17F4NO4. The molecule has 0 spiro atoms. The Kier molecular flexibility index (Phi) is 6.96. The van der Waals surface area contributed by atoms with E-state index in [1.54, 1.807) is 24.3 Å². The Morgan fingerprint density at radius 3 is 2.00 bits per heavy atom. The monoisotopic (exact) mass is 435 g/mol. The maximum atomic E-state index is 12.8. The summed E-state index contributed by atoms with van der Waals surface area (Å²) in [7, 11) is 1.50. The molecule has 5 nitrogen and oxygen atoms in total. The van der Waals surface area contributed by atoms with E-state index < -0.39 is 19.1 Å². The van der Waals surface area contributed by atoms with Crippen LogP contribution < -0.4 is 19.5 Å². The van der Waals surface area contributed by atoms with E-state index in [4.69, 9.17) is 4.74 Å². The van der Waals surface area contributed by atoms with Crippen molar-refractivity contribution in [3.63, 3.8) is 0 Å². The van der Waals surface area contributed by atoms with Crippen molar-refractivity contribution in [2.45, 2.75) is 13.2 Å². The molecule has 0 saturated carbocycles. The number of benzene rings is 3. The summed E-state index contributed by atoms with van der Waals surface area (Å²) < 4.78 is 64.0. The lowest BCUT2D eigenvalue weighted by atomic mass is 10.0. The highest BCUT2D eigenvalue weighted by molar-refractivity contribution is 6.04. The number of methoxy groups -OCH3 is 1. The fourth-order valence-electron chi connectivity index (χ4n) is 2.79. The second kappa shape index (κ2) is 9.84.